The van der Waals surface area contributed by atoms with Crippen LogP contribution in [0.15, 0.2) is 27.7 Å². The number of nitrogens with one attached hydrogen (secondary N) is 1. The van der Waals surface area contributed by atoms with Crippen LogP contribution in [0.3, 0.4) is 0 Å². The van der Waals surface area contributed by atoms with Crippen LogP contribution in [-0.4, -0.2) is 24.0 Å². The van der Waals surface area contributed by atoms with Crippen LogP contribution in [0.4, 0.5) is 5.69 Å². The van der Waals surface area contributed by atoms with Crippen LogP contribution in [0.5, 0.6) is 11.7 Å². The van der Waals surface area contributed by atoms with Crippen molar-refractivity contribution in [1.29, 1.82) is 0 Å². The molecule has 0 aliphatic heterocycles. The molecule has 0 aliphatic carbocycles. The second kappa shape index (κ2) is 7.37. The highest BCUT2D eigenvalue weighted by molar-refractivity contribution is 7.99. The summed E-state index contributed by atoms with van der Waals surface area (Å²) in [6.07, 6.45) is 0.235. The van der Waals surface area contributed by atoms with Crippen molar-refractivity contribution in [2.45, 2.75) is 11.4 Å². The number of ether oxygens (including phenoxy) is 1. The SMILES string of the molecule is COc1ccc(NC(=O)CCSc2c([O-])on[n+]2C)cc1Cl. The van der Waals surface area contributed by atoms with Gasteiger partial charge in [-0.05, 0) is 18.2 Å². The molecule has 0 saturated carbocycles. The Morgan fingerprint density at radius 2 is 2.36 bits per heavy atom. The van der Waals surface area contributed by atoms with Crippen molar-refractivity contribution in [3.05, 3.63) is 23.2 Å². The van der Waals surface area contributed by atoms with E-state index in [1.54, 1.807) is 25.2 Å². The van der Waals surface area contributed by atoms with E-state index >= 15 is 0 Å². The zero-order chi connectivity index (χ0) is 16.1. The van der Waals surface area contributed by atoms with Crippen molar-refractivity contribution in [3.63, 3.8) is 0 Å². The van der Waals surface area contributed by atoms with Crippen molar-refractivity contribution in [1.82, 2.24) is 5.27 Å². The summed E-state index contributed by atoms with van der Waals surface area (Å²) < 4.78 is 10.9. The predicted molar refractivity (Wildman–Crippen MR) is 79.1 cm³/mol. The summed E-state index contributed by atoms with van der Waals surface area (Å²) in [5.74, 6) is 0.285. The summed E-state index contributed by atoms with van der Waals surface area (Å²) in [6.45, 7) is 0. The molecule has 0 radical (unpaired) electrons. The van der Waals surface area contributed by atoms with Crippen LogP contribution in [0.1, 0.15) is 6.42 Å². The predicted octanol–water partition coefficient (Wildman–Crippen LogP) is 1.36. The van der Waals surface area contributed by atoms with Crippen LogP contribution in [0.2, 0.25) is 5.02 Å². The number of amides is 1. The number of benzene rings is 1. The monoisotopic (exact) mass is 343 g/mol. The molecule has 0 unspecified atom stereocenters. The minimum absolute atomic E-state index is 0.180. The lowest BCUT2D eigenvalue weighted by Gasteiger charge is -2.07. The number of rotatable bonds is 6. The lowest BCUT2D eigenvalue weighted by Crippen LogP contribution is -2.32. The van der Waals surface area contributed by atoms with Gasteiger partial charge in [0.2, 0.25) is 5.91 Å². The Bertz CT molecular complexity index is 658. The number of hydrogen-bond donors (Lipinski definition) is 1. The largest absolute Gasteiger partial charge is 0.538 e. The first-order valence-electron chi connectivity index (χ1n) is 6.30. The number of aryl methyl sites for hydroxylation is 1. The van der Waals surface area contributed by atoms with Crippen molar-refractivity contribution >= 4 is 35.0 Å². The molecule has 7 nitrogen and oxygen atoms in total. The van der Waals surface area contributed by atoms with Gasteiger partial charge in [0, 0.05) is 17.9 Å². The number of carbonyl (C=O) groups excluding carboxylic acids is 1. The van der Waals surface area contributed by atoms with E-state index in [1.165, 1.54) is 23.6 Å². The van der Waals surface area contributed by atoms with Crippen molar-refractivity contribution in [3.8, 4) is 11.7 Å². The second-order valence-corrected chi connectivity index (χ2v) is 5.78. The molecule has 0 aliphatic rings. The molecule has 22 heavy (non-hydrogen) atoms. The fourth-order valence-electron chi connectivity index (χ4n) is 1.67. The van der Waals surface area contributed by atoms with E-state index in [0.29, 0.717) is 27.2 Å². The first-order valence-corrected chi connectivity index (χ1v) is 7.67. The van der Waals surface area contributed by atoms with Gasteiger partial charge in [0.05, 0.1) is 17.4 Å². The average molecular weight is 344 g/mol. The van der Waals surface area contributed by atoms with Gasteiger partial charge in [-0.25, -0.2) is 0 Å². The maximum absolute atomic E-state index is 11.9. The fraction of sp³-hybridized carbons (Fsp3) is 0.308. The molecule has 0 fully saturated rings. The number of methoxy groups -OCH3 is 1. The Morgan fingerprint density at radius 3 is 2.95 bits per heavy atom. The van der Waals surface area contributed by atoms with Gasteiger partial charge in [-0.15, -0.1) is 0 Å². The molecule has 1 aromatic heterocycles. The van der Waals surface area contributed by atoms with Crippen molar-refractivity contribution < 1.29 is 23.8 Å². The average Bonchev–Trinajstić information content (AvgIpc) is 2.79. The van der Waals surface area contributed by atoms with E-state index in [9.17, 15) is 9.90 Å². The molecule has 0 bridgehead atoms. The quantitative estimate of drug-likeness (QED) is 0.629. The smallest absolute Gasteiger partial charge is 0.290 e. The van der Waals surface area contributed by atoms with Crippen LogP contribution >= 0.6 is 23.4 Å². The van der Waals surface area contributed by atoms with Crippen molar-refractivity contribution in [2.75, 3.05) is 18.2 Å². The van der Waals surface area contributed by atoms with Gasteiger partial charge in [0.25, 0.3) is 5.03 Å². The Balaban J connectivity index is 1.84. The molecule has 118 valence electrons. The first kappa shape index (κ1) is 16.4. The summed E-state index contributed by atoms with van der Waals surface area (Å²) in [6, 6.07) is 4.99. The number of carbonyl (C=O) groups is 1. The second-order valence-electron chi connectivity index (χ2n) is 4.29. The molecule has 0 spiro atoms. The highest BCUT2D eigenvalue weighted by Crippen LogP contribution is 2.27. The molecule has 1 amide bonds. The summed E-state index contributed by atoms with van der Waals surface area (Å²) in [4.78, 5) is 11.9. The molecular formula is C13H14ClN3O4S. The molecule has 0 atom stereocenters. The van der Waals surface area contributed by atoms with E-state index in [4.69, 9.17) is 16.3 Å². The van der Waals surface area contributed by atoms with Gasteiger partial charge < -0.3 is 19.7 Å². The standard InChI is InChI=1S/C13H14ClN3O4S/c1-17-12(13(19)21-16-17)22-6-5-11(18)15-8-3-4-10(20-2)9(14)7-8/h3-4,7H,5-6H2,1-2H3,(H-,15,16,18,19). The molecule has 1 aromatic carbocycles. The fourth-order valence-corrected chi connectivity index (χ4v) is 2.78. The van der Waals surface area contributed by atoms with Crippen LogP contribution in [0, 0.1) is 0 Å². The summed E-state index contributed by atoms with van der Waals surface area (Å²) >= 11 is 7.20. The first-order chi connectivity index (χ1) is 10.5. The maximum atomic E-state index is 11.9. The van der Waals surface area contributed by atoms with E-state index in [0.717, 1.165) is 0 Å². The Morgan fingerprint density at radius 1 is 1.59 bits per heavy atom. The van der Waals surface area contributed by atoms with Crippen LogP contribution in [0.25, 0.3) is 0 Å². The van der Waals surface area contributed by atoms with Gasteiger partial charge in [-0.1, -0.05) is 28.0 Å². The van der Waals surface area contributed by atoms with Crippen molar-refractivity contribution in [2.24, 2.45) is 7.05 Å². The highest BCUT2D eigenvalue weighted by Gasteiger charge is 2.14. The molecule has 1 N–H and O–H groups in total. The molecule has 1 heterocycles. The third-order valence-corrected chi connectivity index (χ3v) is 4.13. The van der Waals surface area contributed by atoms with Gasteiger partial charge in [-0.2, -0.15) is 0 Å². The topological polar surface area (TPSA) is 91.3 Å². The third kappa shape index (κ3) is 4.05. The Hall–Kier alpha value is -1.93. The van der Waals surface area contributed by atoms with Crippen LogP contribution < -0.4 is 19.8 Å². The number of halogens is 1. The van der Waals surface area contributed by atoms with Gasteiger partial charge >= 0.3 is 0 Å². The minimum Gasteiger partial charge on any atom is -0.538 e. The maximum Gasteiger partial charge on any atom is 0.290 e. The molecule has 2 rings (SSSR count). The number of thioether (sulfide) groups is 1. The number of hydrogen-bond acceptors (Lipinski definition) is 6. The van der Waals surface area contributed by atoms with Gasteiger partial charge in [0.1, 0.15) is 5.75 Å². The summed E-state index contributed by atoms with van der Waals surface area (Å²) in [5, 5.41) is 18.3. The number of anilines is 1. The minimum atomic E-state index is -0.505. The van der Waals surface area contributed by atoms with Gasteiger partial charge in [-0.3, -0.25) is 4.79 Å². The van der Waals surface area contributed by atoms with E-state index in [1.807, 2.05) is 0 Å². The Kier molecular flexibility index (Phi) is 5.51. The lowest BCUT2D eigenvalue weighted by molar-refractivity contribution is -0.772. The summed E-state index contributed by atoms with van der Waals surface area (Å²) in [5.41, 5.74) is 0.584. The Labute approximate surface area is 136 Å². The molecule has 2 aromatic rings. The zero-order valence-electron chi connectivity index (χ0n) is 12.0. The normalized spacial score (nSPS) is 10.5. The zero-order valence-corrected chi connectivity index (χ0v) is 13.5. The summed E-state index contributed by atoms with van der Waals surface area (Å²) in [7, 11) is 3.12. The highest BCUT2D eigenvalue weighted by atomic mass is 35.5. The number of nitrogens with zero attached hydrogens (tertiary/aromatic N) is 2. The molecular weight excluding hydrogens is 330 g/mol. The van der Waals surface area contributed by atoms with E-state index < -0.39 is 5.95 Å². The van der Waals surface area contributed by atoms with E-state index in [-0.39, 0.29) is 12.3 Å². The van der Waals surface area contributed by atoms with Crippen LogP contribution in [-0.2, 0) is 11.8 Å². The number of aromatic nitrogens is 2. The van der Waals surface area contributed by atoms with E-state index in [2.05, 4.69) is 15.1 Å². The third-order valence-electron chi connectivity index (χ3n) is 2.72. The lowest BCUT2D eigenvalue weighted by atomic mass is 10.3. The molecule has 0 saturated heterocycles. The molecule has 9 heteroatoms. The van der Waals surface area contributed by atoms with Gasteiger partial charge in [0.15, 0.2) is 13.0 Å².